The first kappa shape index (κ1) is 23.0. The van der Waals surface area contributed by atoms with Crippen molar-refractivity contribution in [2.75, 3.05) is 37.6 Å². The van der Waals surface area contributed by atoms with E-state index in [0.717, 1.165) is 75.5 Å². The highest BCUT2D eigenvalue weighted by molar-refractivity contribution is 6.11. The SMILES string of the molecule is Cc1ccnc(N2CCN(CCc3c(C)n4c5c(cc(C(=O)c6ccccc6)cc35)CCC4)CC2)c1. The number of aryl methyl sites for hydroxylation is 3. The lowest BCUT2D eigenvalue weighted by atomic mass is 9.94. The highest BCUT2D eigenvalue weighted by Gasteiger charge is 2.24. The summed E-state index contributed by atoms with van der Waals surface area (Å²) in [5, 5.41) is 1.28. The van der Waals surface area contributed by atoms with Gasteiger partial charge in [-0.1, -0.05) is 30.3 Å². The van der Waals surface area contributed by atoms with Gasteiger partial charge in [0.2, 0.25) is 0 Å². The van der Waals surface area contributed by atoms with Crippen molar-refractivity contribution in [1.29, 1.82) is 0 Å². The molecule has 4 heterocycles. The molecule has 184 valence electrons. The molecule has 0 saturated carbocycles. The molecule has 36 heavy (non-hydrogen) atoms. The summed E-state index contributed by atoms with van der Waals surface area (Å²) in [5.74, 6) is 1.21. The highest BCUT2D eigenvalue weighted by atomic mass is 16.1. The van der Waals surface area contributed by atoms with Gasteiger partial charge in [0, 0.05) is 67.7 Å². The predicted octanol–water partition coefficient (Wildman–Crippen LogP) is 5.20. The summed E-state index contributed by atoms with van der Waals surface area (Å²) in [5.41, 5.74) is 8.31. The van der Waals surface area contributed by atoms with E-state index < -0.39 is 0 Å². The smallest absolute Gasteiger partial charge is 0.193 e. The van der Waals surface area contributed by atoms with Crippen LogP contribution in [0.1, 0.15) is 44.7 Å². The van der Waals surface area contributed by atoms with Crippen LogP contribution in [0.15, 0.2) is 60.8 Å². The van der Waals surface area contributed by atoms with Gasteiger partial charge in [-0.3, -0.25) is 9.69 Å². The number of carbonyl (C=O) groups excluding carboxylic acids is 1. The molecule has 0 spiro atoms. The van der Waals surface area contributed by atoms with Crippen LogP contribution >= 0.6 is 0 Å². The lowest BCUT2D eigenvalue weighted by Gasteiger charge is -2.35. The largest absolute Gasteiger partial charge is 0.354 e. The van der Waals surface area contributed by atoms with Crippen molar-refractivity contribution in [3.8, 4) is 0 Å². The molecule has 4 aromatic rings. The monoisotopic (exact) mass is 478 g/mol. The van der Waals surface area contributed by atoms with Gasteiger partial charge in [-0.2, -0.15) is 0 Å². The molecule has 5 nitrogen and oxygen atoms in total. The van der Waals surface area contributed by atoms with Crippen LogP contribution < -0.4 is 4.90 Å². The standard InChI is InChI=1S/C31H34N4O/c1-22-10-12-32-29(19-22)34-17-15-33(16-18-34)14-11-27-23(2)35-13-6-9-25-20-26(21-28(27)30(25)35)31(36)24-7-4-3-5-8-24/h3-5,7-8,10,12,19-21H,6,9,11,13-18H2,1-2H3. The highest BCUT2D eigenvalue weighted by Crippen LogP contribution is 2.35. The van der Waals surface area contributed by atoms with E-state index in [2.05, 4.69) is 57.5 Å². The molecule has 2 aliphatic rings. The second kappa shape index (κ2) is 9.55. The van der Waals surface area contributed by atoms with Crippen LogP contribution in [-0.2, 0) is 19.4 Å². The fourth-order valence-electron chi connectivity index (χ4n) is 6.03. The van der Waals surface area contributed by atoms with Crippen molar-refractivity contribution in [3.63, 3.8) is 0 Å². The Morgan fingerprint density at radius 1 is 0.917 bits per heavy atom. The van der Waals surface area contributed by atoms with E-state index in [-0.39, 0.29) is 5.78 Å². The van der Waals surface area contributed by atoms with Gasteiger partial charge in [-0.25, -0.2) is 4.98 Å². The third-order valence-electron chi connectivity index (χ3n) is 8.03. The molecule has 0 bridgehead atoms. The molecule has 6 rings (SSSR count). The van der Waals surface area contributed by atoms with Gasteiger partial charge in [0.1, 0.15) is 5.82 Å². The maximum atomic E-state index is 13.3. The van der Waals surface area contributed by atoms with Gasteiger partial charge < -0.3 is 9.47 Å². The molecular weight excluding hydrogens is 444 g/mol. The number of rotatable bonds is 6. The number of piperazine rings is 1. The number of hydrogen-bond donors (Lipinski definition) is 0. The number of benzene rings is 2. The molecule has 2 aromatic heterocycles. The minimum Gasteiger partial charge on any atom is -0.354 e. The Morgan fingerprint density at radius 3 is 2.50 bits per heavy atom. The van der Waals surface area contributed by atoms with E-state index in [1.807, 2.05) is 36.5 Å². The summed E-state index contributed by atoms with van der Waals surface area (Å²) in [6, 6.07) is 18.2. The van der Waals surface area contributed by atoms with E-state index in [1.54, 1.807) is 0 Å². The van der Waals surface area contributed by atoms with Crippen LogP contribution in [0.2, 0.25) is 0 Å². The van der Waals surface area contributed by atoms with Crippen molar-refractivity contribution in [2.45, 2.75) is 39.7 Å². The van der Waals surface area contributed by atoms with Crippen molar-refractivity contribution in [3.05, 3.63) is 94.3 Å². The molecule has 1 saturated heterocycles. The number of hydrogen-bond acceptors (Lipinski definition) is 4. The fraction of sp³-hybridized carbons (Fsp3) is 0.355. The van der Waals surface area contributed by atoms with Crippen LogP contribution in [-0.4, -0.2) is 53.0 Å². The topological polar surface area (TPSA) is 41.4 Å². The average Bonchev–Trinajstić information content (AvgIpc) is 3.19. The minimum absolute atomic E-state index is 0.122. The molecule has 0 radical (unpaired) electrons. The lowest BCUT2D eigenvalue weighted by molar-refractivity contribution is 0.103. The predicted molar refractivity (Wildman–Crippen MR) is 146 cm³/mol. The first-order chi connectivity index (χ1) is 17.6. The molecular formula is C31H34N4O. The molecule has 2 aliphatic heterocycles. The summed E-state index contributed by atoms with van der Waals surface area (Å²) >= 11 is 0. The van der Waals surface area contributed by atoms with Gasteiger partial charge >= 0.3 is 0 Å². The number of aromatic nitrogens is 2. The minimum atomic E-state index is 0.122. The number of carbonyl (C=O) groups is 1. The molecule has 0 amide bonds. The van der Waals surface area contributed by atoms with E-state index in [9.17, 15) is 4.79 Å². The lowest BCUT2D eigenvalue weighted by Crippen LogP contribution is -2.47. The zero-order valence-corrected chi connectivity index (χ0v) is 21.3. The number of nitrogens with zero attached hydrogens (tertiary/aromatic N) is 4. The molecule has 0 aliphatic carbocycles. The Labute approximate surface area is 213 Å². The molecule has 0 N–H and O–H groups in total. The Hall–Kier alpha value is -3.44. The summed E-state index contributed by atoms with van der Waals surface area (Å²) in [4.78, 5) is 22.9. The maximum Gasteiger partial charge on any atom is 0.193 e. The molecule has 1 fully saturated rings. The van der Waals surface area contributed by atoms with Gasteiger partial charge in [-0.05, 0) is 74.1 Å². The van der Waals surface area contributed by atoms with Crippen LogP contribution in [0.3, 0.4) is 0 Å². The quantitative estimate of drug-likeness (QED) is 0.358. The zero-order valence-electron chi connectivity index (χ0n) is 21.3. The molecule has 2 aromatic carbocycles. The number of ketones is 1. The first-order valence-electron chi connectivity index (χ1n) is 13.2. The van der Waals surface area contributed by atoms with Crippen LogP contribution in [0.4, 0.5) is 5.82 Å². The number of anilines is 1. The zero-order chi connectivity index (χ0) is 24.6. The first-order valence-corrected chi connectivity index (χ1v) is 13.2. The van der Waals surface area contributed by atoms with Gasteiger partial charge in [0.15, 0.2) is 5.78 Å². The van der Waals surface area contributed by atoms with E-state index >= 15 is 0 Å². The third kappa shape index (κ3) is 4.22. The molecule has 5 heteroatoms. The third-order valence-corrected chi connectivity index (χ3v) is 8.03. The summed E-state index contributed by atoms with van der Waals surface area (Å²) in [7, 11) is 0. The summed E-state index contributed by atoms with van der Waals surface area (Å²) < 4.78 is 2.50. The second-order valence-electron chi connectivity index (χ2n) is 10.3. The summed E-state index contributed by atoms with van der Waals surface area (Å²) in [6.07, 6.45) is 5.10. The Balaban J connectivity index is 1.23. The fourth-order valence-corrected chi connectivity index (χ4v) is 6.03. The van der Waals surface area contributed by atoms with Crippen molar-refractivity contribution in [1.82, 2.24) is 14.5 Å². The van der Waals surface area contributed by atoms with Crippen molar-refractivity contribution in [2.24, 2.45) is 0 Å². The summed E-state index contributed by atoms with van der Waals surface area (Å²) in [6.45, 7) is 10.6. The Kier molecular flexibility index (Phi) is 6.10. The van der Waals surface area contributed by atoms with Gasteiger partial charge in [0.25, 0.3) is 0 Å². The Morgan fingerprint density at radius 2 is 1.72 bits per heavy atom. The average molecular weight is 479 g/mol. The van der Waals surface area contributed by atoms with E-state index in [0.29, 0.717) is 0 Å². The Bertz CT molecular complexity index is 1410. The molecule has 0 unspecified atom stereocenters. The molecule has 0 atom stereocenters. The van der Waals surface area contributed by atoms with Crippen LogP contribution in [0.5, 0.6) is 0 Å². The second-order valence-corrected chi connectivity index (χ2v) is 10.3. The van der Waals surface area contributed by atoms with E-state index in [1.165, 1.54) is 33.3 Å². The van der Waals surface area contributed by atoms with E-state index in [4.69, 9.17) is 0 Å². The van der Waals surface area contributed by atoms with Crippen LogP contribution in [0.25, 0.3) is 10.9 Å². The number of pyridine rings is 1. The normalized spacial score (nSPS) is 16.0. The van der Waals surface area contributed by atoms with Gasteiger partial charge in [-0.15, -0.1) is 0 Å². The maximum absolute atomic E-state index is 13.3. The van der Waals surface area contributed by atoms with Crippen molar-refractivity contribution >= 4 is 22.5 Å². The van der Waals surface area contributed by atoms with Crippen molar-refractivity contribution < 1.29 is 4.79 Å². The van der Waals surface area contributed by atoms with Gasteiger partial charge in [0.05, 0.1) is 5.52 Å². The van der Waals surface area contributed by atoms with Crippen LogP contribution in [0, 0.1) is 13.8 Å².